The average Bonchev–Trinajstić information content (AvgIpc) is 3.22. The van der Waals surface area contributed by atoms with Gasteiger partial charge in [0.05, 0.1) is 11.6 Å². The molecule has 0 saturated carbocycles. The van der Waals surface area contributed by atoms with Gasteiger partial charge in [0.1, 0.15) is 6.04 Å². The van der Waals surface area contributed by atoms with Crippen molar-refractivity contribution in [3.8, 4) is 11.5 Å². The maximum absolute atomic E-state index is 12.0. The minimum Gasteiger partial charge on any atom is -0.480 e. The second kappa shape index (κ2) is 7.37. The van der Waals surface area contributed by atoms with E-state index < -0.39 is 12.0 Å². The second-order valence-corrected chi connectivity index (χ2v) is 7.56. The molecule has 6 nitrogen and oxygen atoms in total. The van der Waals surface area contributed by atoms with Crippen LogP contribution in [0.3, 0.4) is 0 Å². The molecule has 148 valence electrons. The number of pyridine rings is 1. The van der Waals surface area contributed by atoms with Crippen LogP contribution in [0.1, 0.15) is 36.4 Å². The monoisotopic (exact) mass is 390 g/mol. The van der Waals surface area contributed by atoms with Gasteiger partial charge in [0.25, 0.3) is 0 Å². The summed E-state index contributed by atoms with van der Waals surface area (Å²) in [6, 6.07) is 15.2. The Labute approximate surface area is 168 Å². The zero-order valence-electron chi connectivity index (χ0n) is 16.0. The van der Waals surface area contributed by atoms with Gasteiger partial charge in [-0.05, 0) is 54.8 Å². The lowest BCUT2D eigenvalue weighted by Gasteiger charge is -2.39. The number of nitrogens with zero attached hydrogens (tertiary/aromatic N) is 2. The summed E-state index contributed by atoms with van der Waals surface area (Å²) in [5.41, 5.74) is 2.89. The number of likely N-dealkylation sites (tertiary alicyclic amines) is 1. The van der Waals surface area contributed by atoms with Gasteiger partial charge in [-0.1, -0.05) is 30.7 Å². The smallest absolute Gasteiger partial charge is 0.320 e. The predicted octanol–water partition coefficient (Wildman–Crippen LogP) is 3.99. The minimum absolute atomic E-state index is 0.211. The number of aromatic nitrogens is 1. The van der Waals surface area contributed by atoms with Gasteiger partial charge in [0, 0.05) is 11.6 Å². The molecule has 2 aliphatic rings. The van der Waals surface area contributed by atoms with E-state index in [2.05, 4.69) is 16.0 Å². The van der Waals surface area contributed by atoms with Crippen LogP contribution in [-0.4, -0.2) is 40.3 Å². The fourth-order valence-corrected chi connectivity index (χ4v) is 4.42. The fraction of sp³-hybridized carbons (Fsp3) is 0.304. The molecule has 2 unspecified atom stereocenters. The van der Waals surface area contributed by atoms with E-state index in [0.717, 1.165) is 47.2 Å². The number of carboxylic acids is 1. The molecule has 5 rings (SSSR count). The topological polar surface area (TPSA) is 71.9 Å². The zero-order valence-corrected chi connectivity index (χ0v) is 16.0. The van der Waals surface area contributed by atoms with E-state index in [9.17, 15) is 9.90 Å². The predicted molar refractivity (Wildman–Crippen MR) is 108 cm³/mol. The van der Waals surface area contributed by atoms with Gasteiger partial charge in [-0.25, -0.2) is 0 Å². The SMILES string of the molecule is O=C(O)C1CCCCN1C(c1ccc2c(c1)OCO2)c1cnc2ccccc2c1. The van der Waals surface area contributed by atoms with Crippen LogP contribution in [-0.2, 0) is 4.79 Å². The number of hydrogen-bond donors (Lipinski definition) is 1. The molecular formula is C23H22N2O4. The normalized spacial score (nSPS) is 19.9. The third-order valence-electron chi connectivity index (χ3n) is 5.80. The van der Waals surface area contributed by atoms with Crippen molar-refractivity contribution in [2.45, 2.75) is 31.3 Å². The van der Waals surface area contributed by atoms with Gasteiger partial charge in [-0.2, -0.15) is 0 Å². The largest absolute Gasteiger partial charge is 0.480 e. The van der Waals surface area contributed by atoms with E-state index in [0.29, 0.717) is 12.2 Å². The highest BCUT2D eigenvalue weighted by atomic mass is 16.7. The summed E-state index contributed by atoms with van der Waals surface area (Å²) < 4.78 is 11.0. The van der Waals surface area contributed by atoms with Gasteiger partial charge >= 0.3 is 5.97 Å². The van der Waals surface area contributed by atoms with E-state index in [-0.39, 0.29) is 12.8 Å². The van der Waals surface area contributed by atoms with E-state index in [4.69, 9.17) is 9.47 Å². The third-order valence-corrected chi connectivity index (χ3v) is 5.80. The molecule has 0 spiro atoms. The maximum Gasteiger partial charge on any atom is 0.320 e. The van der Waals surface area contributed by atoms with E-state index in [1.807, 2.05) is 48.7 Å². The summed E-state index contributed by atoms with van der Waals surface area (Å²) in [5.74, 6) is 0.645. The van der Waals surface area contributed by atoms with Crippen molar-refractivity contribution in [2.75, 3.05) is 13.3 Å². The van der Waals surface area contributed by atoms with Crippen molar-refractivity contribution in [2.24, 2.45) is 0 Å². The highest BCUT2D eigenvalue weighted by Crippen LogP contribution is 2.40. The van der Waals surface area contributed by atoms with Crippen LogP contribution in [0.4, 0.5) is 0 Å². The number of para-hydroxylation sites is 1. The molecule has 3 aromatic rings. The standard InChI is InChI=1S/C23H22N2O4/c26-23(27)19-7-3-4-10-25(19)22(16-8-9-20-21(12-16)29-14-28-20)17-11-15-5-1-2-6-18(15)24-13-17/h1-2,5-6,8-9,11-13,19,22H,3-4,7,10,14H2,(H,26,27). The van der Waals surface area contributed by atoms with E-state index in [1.165, 1.54) is 0 Å². The highest BCUT2D eigenvalue weighted by Gasteiger charge is 2.36. The lowest BCUT2D eigenvalue weighted by molar-refractivity contribution is -0.145. The summed E-state index contributed by atoms with van der Waals surface area (Å²) in [7, 11) is 0. The van der Waals surface area contributed by atoms with Crippen molar-refractivity contribution >= 4 is 16.9 Å². The molecule has 0 bridgehead atoms. The number of fused-ring (bicyclic) bond motifs is 2. The fourth-order valence-electron chi connectivity index (χ4n) is 4.42. The molecule has 2 atom stereocenters. The van der Waals surface area contributed by atoms with Gasteiger partial charge in [-0.3, -0.25) is 14.7 Å². The zero-order chi connectivity index (χ0) is 19.8. The Hall–Kier alpha value is -3.12. The van der Waals surface area contributed by atoms with E-state index in [1.54, 1.807) is 0 Å². The van der Waals surface area contributed by atoms with Crippen molar-refractivity contribution in [3.63, 3.8) is 0 Å². The molecule has 2 aliphatic heterocycles. The van der Waals surface area contributed by atoms with Gasteiger partial charge in [0.2, 0.25) is 6.79 Å². The Morgan fingerprint density at radius 3 is 2.83 bits per heavy atom. The number of ether oxygens (including phenoxy) is 2. The number of rotatable bonds is 4. The van der Waals surface area contributed by atoms with Crippen LogP contribution in [0.25, 0.3) is 10.9 Å². The Bertz CT molecular complexity index is 1070. The molecule has 0 amide bonds. The van der Waals surface area contributed by atoms with Crippen LogP contribution in [0, 0.1) is 0 Å². The molecule has 0 radical (unpaired) electrons. The lowest BCUT2D eigenvalue weighted by atomic mass is 9.91. The second-order valence-electron chi connectivity index (χ2n) is 7.56. The van der Waals surface area contributed by atoms with Crippen LogP contribution < -0.4 is 9.47 Å². The van der Waals surface area contributed by atoms with Crippen LogP contribution in [0.2, 0.25) is 0 Å². The molecule has 3 heterocycles. The first kappa shape index (κ1) is 17.9. The molecular weight excluding hydrogens is 368 g/mol. The summed E-state index contributed by atoms with van der Waals surface area (Å²) in [6.07, 6.45) is 4.42. The molecule has 6 heteroatoms. The number of carboxylic acid groups (broad SMARTS) is 1. The summed E-state index contributed by atoms with van der Waals surface area (Å²) in [4.78, 5) is 18.8. The average molecular weight is 390 g/mol. The Balaban J connectivity index is 1.64. The van der Waals surface area contributed by atoms with Crippen LogP contribution in [0.5, 0.6) is 11.5 Å². The maximum atomic E-state index is 12.0. The van der Waals surface area contributed by atoms with Crippen LogP contribution >= 0.6 is 0 Å². The van der Waals surface area contributed by atoms with Gasteiger partial charge < -0.3 is 14.6 Å². The number of carbonyl (C=O) groups is 1. The van der Waals surface area contributed by atoms with Gasteiger partial charge in [-0.15, -0.1) is 0 Å². The van der Waals surface area contributed by atoms with Crippen molar-refractivity contribution < 1.29 is 19.4 Å². The first-order chi connectivity index (χ1) is 14.2. The van der Waals surface area contributed by atoms with Crippen LogP contribution in [0.15, 0.2) is 54.7 Å². The highest BCUT2D eigenvalue weighted by molar-refractivity contribution is 5.79. The van der Waals surface area contributed by atoms with Crippen molar-refractivity contribution in [3.05, 3.63) is 65.9 Å². The summed E-state index contributed by atoms with van der Waals surface area (Å²) in [6.45, 7) is 0.936. The Morgan fingerprint density at radius 2 is 1.93 bits per heavy atom. The number of hydrogen-bond acceptors (Lipinski definition) is 5. The summed E-state index contributed by atoms with van der Waals surface area (Å²) in [5, 5.41) is 10.9. The molecule has 29 heavy (non-hydrogen) atoms. The molecule has 0 aliphatic carbocycles. The molecule has 1 N–H and O–H groups in total. The molecule has 1 fully saturated rings. The lowest BCUT2D eigenvalue weighted by Crippen LogP contribution is -2.46. The van der Waals surface area contributed by atoms with E-state index >= 15 is 0 Å². The summed E-state index contributed by atoms with van der Waals surface area (Å²) >= 11 is 0. The number of aliphatic carboxylic acids is 1. The number of piperidine rings is 1. The molecule has 2 aromatic carbocycles. The number of benzene rings is 2. The van der Waals surface area contributed by atoms with Crippen molar-refractivity contribution in [1.29, 1.82) is 0 Å². The quantitative estimate of drug-likeness (QED) is 0.726. The minimum atomic E-state index is -0.774. The first-order valence-electron chi connectivity index (χ1n) is 9.93. The Kier molecular flexibility index (Phi) is 4.56. The molecule has 1 aromatic heterocycles. The third kappa shape index (κ3) is 3.29. The van der Waals surface area contributed by atoms with Gasteiger partial charge in [0.15, 0.2) is 11.5 Å². The molecule has 1 saturated heterocycles. The van der Waals surface area contributed by atoms with Crippen molar-refractivity contribution in [1.82, 2.24) is 9.88 Å². The Morgan fingerprint density at radius 1 is 1.07 bits per heavy atom. The first-order valence-corrected chi connectivity index (χ1v) is 9.93.